The fourth-order valence-electron chi connectivity index (χ4n) is 3.13. The second-order valence-corrected chi connectivity index (χ2v) is 6.68. The summed E-state index contributed by atoms with van der Waals surface area (Å²) in [5, 5.41) is 13.4. The molecule has 1 amide bonds. The van der Waals surface area contributed by atoms with Gasteiger partial charge in [0.2, 0.25) is 0 Å². The minimum absolute atomic E-state index is 0.0157. The van der Waals surface area contributed by atoms with Gasteiger partial charge in [-0.05, 0) is 36.6 Å². The van der Waals surface area contributed by atoms with Crippen LogP contribution in [0.1, 0.15) is 30.1 Å². The van der Waals surface area contributed by atoms with Crippen molar-refractivity contribution in [2.75, 3.05) is 26.2 Å². The van der Waals surface area contributed by atoms with Crippen molar-refractivity contribution in [1.29, 1.82) is 0 Å². The maximum absolute atomic E-state index is 13.0. The van der Waals surface area contributed by atoms with Gasteiger partial charge in [0.15, 0.2) is 6.61 Å². The number of nitrogens with zero attached hydrogens (tertiary/aromatic N) is 1. The zero-order valence-electron chi connectivity index (χ0n) is 15.2. The van der Waals surface area contributed by atoms with Gasteiger partial charge in [0.1, 0.15) is 11.6 Å². The molecule has 1 saturated heterocycles. The summed E-state index contributed by atoms with van der Waals surface area (Å²) in [6.07, 6.45) is 1.39. The highest BCUT2D eigenvalue weighted by Crippen LogP contribution is 2.19. The highest BCUT2D eigenvalue weighted by atomic mass is 19.1. The average Bonchev–Trinajstić information content (AvgIpc) is 3.22. The van der Waals surface area contributed by atoms with Gasteiger partial charge in [-0.3, -0.25) is 4.79 Å². The van der Waals surface area contributed by atoms with E-state index in [0.29, 0.717) is 24.4 Å². The molecule has 1 aliphatic rings. The van der Waals surface area contributed by atoms with Crippen LogP contribution in [0.25, 0.3) is 0 Å². The monoisotopic (exact) mass is 372 g/mol. The van der Waals surface area contributed by atoms with Crippen molar-refractivity contribution in [3.05, 3.63) is 65.5 Å². The number of amides is 1. The van der Waals surface area contributed by atoms with Crippen LogP contribution in [0.4, 0.5) is 4.39 Å². The van der Waals surface area contributed by atoms with E-state index in [0.717, 1.165) is 31.5 Å². The van der Waals surface area contributed by atoms with Gasteiger partial charge in [-0.25, -0.2) is 4.39 Å². The van der Waals surface area contributed by atoms with Gasteiger partial charge in [0.25, 0.3) is 5.91 Å². The van der Waals surface area contributed by atoms with Gasteiger partial charge < -0.3 is 20.1 Å². The van der Waals surface area contributed by atoms with Crippen molar-refractivity contribution in [1.82, 2.24) is 10.2 Å². The highest BCUT2D eigenvalue weighted by molar-refractivity contribution is 5.78. The molecule has 1 atom stereocenters. The first-order chi connectivity index (χ1) is 13.1. The van der Waals surface area contributed by atoms with Crippen LogP contribution in [-0.2, 0) is 11.3 Å². The normalized spacial score (nSPS) is 15.0. The molecule has 3 rings (SSSR count). The Balaban J connectivity index is 1.49. The summed E-state index contributed by atoms with van der Waals surface area (Å²) < 4.78 is 18.7. The first-order valence-corrected chi connectivity index (χ1v) is 9.26. The fourth-order valence-corrected chi connectivity index (χ4v) is 3.13. The van der Waals surface area contributed by atoms with Crippen LogP contribution >= 0.6 is 0 Å². The van der Waals surface area contributed by atoms with Crippen LogP contribution in [0, 0.1) is 5.82 Å². The maximum atomic E-state index is 13.0. The van der Waals surface area contributed by atoms with Crippen LogP contribution in [0.3, 0.4) is 0 Å². The molecule has 27 heavy (non-hydrogen) atoms. The lowest BCUT2D eigenvalue weighted by atomic mass is 10.1. The molecule has 144 valence electrons. The minimum atomic E-state index is -0.726. The first-order valence-electron chi connectivity index (χ1n) is 9.26. The fraction of sp³-hybridized carbons (Fsp3) is 0.381. The smallest absolute Gasteiger partial charge is 0.260 e. The summed E-state index contributed by atoms with van der Waals surface area (Å²) in [4.78, 5) is 14.0. The molecule has 0 aromatic heterocycles. The number of para-hydroxylation sites is 1. The molecule has 0 radical (unpaired) electrons. The molecule has 0 aliphatic carbocycles. The van der Waals surface area contributed by atoms with E-state index in [4.69, 9.17) is 4.74 Å². The summed E-state index contributed by atoms with van der Waals surface area (Å²) in [5.74, 6) is 0.351. The molecule has 1 unspecified atom stereocenters. The Morgan fingerprint density at radius 3 is 2.59 bits per heavy atom. The second-order valence-electron chi connectivity index (χ2n) is 6.68. The van der Waals surface area contributed by atoms with E-state index in [1.54, 1.807) is 12.1 Å². The molecule has 2 N–H and O–H groups in total. The average molecular weight is 372 g/mol. The summed E-state index contributed by atoms with van der Waals surface area (Å²) in [6, 6.07) is 13.3. The Bertz CT molecular complexity index is 745. The van der Waals surface area contributed by atoms with Crippen LogP contribution < -0.4 is 10.1 Å². The summed E-state index contributed by atoms with van der Waals surface area (Å²) in [5.41, 5.74) is 1.57. The van der Waals surface area contributed by atoms with Gasteiger partial charge in [-0.15, -0.1) is 0 Å². The number of carbonyl (C=O) groups is 1. The van der Waals surface area contributed by atoms with Crippen molar-refractivity contribution in [2.24, 2.45) is 0 Å². The zero-order valence-corrected chi connectivity index (χ0v) is 15.2. The lowest BCUT2D eigenvalue weighted by Gasteiger charge is -2.17. The number of hydrogen-bond donors (Lipinski definition) is 2. The van der Waals surface area contributed by atoms with E-state index in [9.17, 15) is 14.3 Å². The van der Waals surface area contributed by atoms with Crippen LogP contribution in [0.5, 0.6) is 5.75 Å². The lowest BCUT2D eigenvalue weighted by molar-refractivity contribution is -0.132. The Morgan fingerprint density at radius 2 is 1.85 bits per heavy atom. The number of carbonyl (C=O) groups excluding carboxylic acids is 1. The molecule has 2 aromatic carbocycles. The van der Waals surface area contributed by atoms with Crippen molar-refractivity contribution in [3.63, 3.8) is 0 Å². The largest absolute Gasteiger partial charge is 0.483 e. The number of hydrogen-bond acceptors (Lipinski definition) is 4. The van der Waals surface area contributed by atoms with Crippen LogP contribution in [0.2, 0.25) is 0 Å². The van der Waals surface area contributed by atoms with Crippen molar-refractivity contribution >= 4 is 5.91 Å². The number of aliphatic hydroxyl groups excluding tert-OH is 1. The van der Waals surface area contributed by atoms with Crippen molar-refractivity contribution in [3.8, 4) is 5.75 Å². The van der Waals surface area contributed by atoms with E-state index in [1.807, 2.05) is 29.2 Å². The van der Waals surface area contributed by atoms with E-state index >= 15 is 0 Å². The predicted molar refractivity (Wildman–Crippen MR) is 101 cm³/mol. The molecular weight excluding hydrogens is 347 g/mol. The predicted octanol–water partition coefficient (Wildman–Crippen LogP) is 2.65. The Morgan fingerprint density at radius 1 is 1.15 bits per heavy atom. The maximum Gasteiger partial charge on any atom is 0.260 e. The molecule has 1 heterocycles. The summed E-state index contributed by atoms with van der Waals surface area (Å²) in [7, 11) is 0. The molecule has 1 aliphatic heterocycles. The van der Waals surface area contributed by atoms with Crippen molar-refractivity contribution in [2.45, 2.75) is 25.5 Å². The molecule has 0 spiro atoms. The molecule has 0 bridgehead atoms. The number of ether oxygens (including phenoxy) is 1. The zero-order chi connectivity index (χ0) is 19.1. The Labute approximate surface area is 158 Å². The number of rotatable bonds is 8. The standard InChI is InChI=1S/C21H25FN2O3/c22-18-9-7-16(8-10-18)19(25)14-23-13-17-5-1-2-6-20(17)27-15-21(26)24-11-3-4-12-24/h1-2,5-10,19,23,25H,3-4,11-15H2. The van der Waals surface area contributed by atoms with Gasteiger partial charge >= 0.3 is 0 Å². The number of likely N-dealkylation sites (tertiary alicyclic amines) is 1. The third-order valence-electron chi connectivity index (χ3n) is 4.69. The number of aliphatic hydroxyl groups is 1. The molecule has 2 aromatic rings. The van der Waals surface area contributed by atoms with Crippen molar-refractivity contribution < 1.29 is 19.0 Å². The van der Waals surface area contributed by atoms with Crippen LogP contribution in [0.15, 0.2) is 48.5 Å². The third-order valence-corrected chi connectivity index (χ3v) is 4.69. The number of benzene rings is 2. The second kappa shape index (κ2) is 9.48. The van der Waals surface area contributed by atoms with E-state index in [-0.39, 0.29) is 18.3 Å². The van der Waals surface area contributed by atoms with Gasteiger partial charge in [-0.2, -0.15) is 0 Å². The van der Waals surface area contributed by atoms with Crippen LogP contribution in [-0.4, -0.2) is 42.2 Å². The third kappa shape index (κ3) is 5.52. The Kier molecular flexibility index (Phi) is 6.79. The van der Waals surface area contributed by atoms with Gasteiger partial charge in [-0.1, -0.05) is 30.3 Å². The Hall–Kier alpha value is -2.44. The highest BCUT2D eigenvalue weighted by Gasteiger charge is 2.18. The molecule has 5 nitrogen and oxygen atoms in total. The summed E-state index contributed by atoms with van der Waals surface area (Å²) >= 11 is 0. The molecule has 0 saturated carbocycles. The molecule has 6 heteroatoms. The number of nitrogens with one attached hydrogen (secondary N) is 1. The topological polar surface area (TPSA) is 61.8 Å². The summed E-state index contributed by atoms with van der Waals surface area (Å²) in [6.45, 7) is 2.48. The first kappa shape index (κ1) is 19.3. The minimum Gasteiger partial charge on any atom is -0.483 e. The number of halogens is 1. The van der Waals surface area contributed by atoms with E-state index in [1.165, 1.54) is 12.1 Å². The van der Waals surface area contributed by atoms with E-state index in [2.05, 4.69) is 5.32 Å². The van der Waals surface area contributed by atoms with Gasteiger partial charge in [0, 0.05) is 31.7 Å². The molecule has 1 fully saturated rings. The van der Waals surface area contributed by atoms with Gasteiger partial charge in [0.05, 0.1) is 6.10 Å². The lowest BCUT2D eigenvalue weighted by Crippen LogP contribution is -2.32. The molecular formula is C21H25FN2O3. The SMILES string of the molecule is O=C(COc1ccccc1CNCC(O)c1ccc(F)cc1)N1CCCC1. The van der Waals surface area contributed by atoms with E-state index < -0.39 is 6.10 Å². The quantitative estimate of drug-likeness (QED) is 0.748.